The molecule has 3 fully saturated rings. The fourth-order valence-corrected chi connectivity index (χ4v) is 16.9. The van der Waals surface area contributed by atoms with Crippen LogP contribution in [0.2, 0.25) is 0 Å². The molecule has 620 valence electrons. The number of alkyl halides is 3. The number of nitrogens with two attached hydrogens (primary N) is 1. The smallest absolute Gasteiger partial charge is 0.410 e. The van der Waals surface area contributed by atoms with E-state index in [4.69, 9.17) is 19.9 Å². The number of halogens is 3. The minimum atomic E-state index is -4.77. The topological polar surface area (TPSA) is 330 Å². The zero-order chi connectivity index (χ0) is 81.9. The number of rotatable bonds is 44. The van der Waals surface area contributed by atoms with Gasteiger partial charge in [-0.15, -0.1) is 0 Å². The van der Waals surface area contributed by atoms with Crippen molar-refractivity contribution in [2.24, 2.45) is 52.6 Å². The van der Waals surface area contributed by atoms with E-state index in [-0.39, 0.29) is 92.4 Å². The Morgan fingerprint density at radius 3 is 1.92 bits per heavy atom. The third kappa shape index (κ3) is 25.8. The molecule has 9 N–H and O–H groups in total. The number of unbranched alkanes of at least 4 members (excludes halogenated alkanes) is 2. The summed E-state index contributed by atoms with van der Waals surface area (Å²) in [6, 6.07) is 5.62. The summed E-state index contributed by atoms with van der Waals surface area (Å²) in [7, 11) is 6.03. The molecule has 2 saturated heterocycles. The molecule has 1 aliphatic carbocycles. The minimum absolute atomic E-state index is 0.0207. The van der Waals surface area contributed by atoms with Crippen LogP contribution in [0.3, 0.4) is 0 Å². The first-order valence-electron chi connectivity index (χ1n) is 40.3. The summed E-state index contributed by atoms with van der Waals surface area (Å²) in [6.45, 7) is 22.1. The molecule has 28 heteroatoms. The Bertz CT molecular complexity index is 3270. The number of methoxy groups -OCH3 is 2. The number of benzene rings is 2. The highest BCUT2D eigenvalue weighted by atomic mass is 19.4. The van der Waals surface area contributed by atoms with Crippen molar-refractivity contribution in [3.8, 4) is 0 Å². The zero-order valence-electron chi connectivity index (χ0n) is 68.3. The van der Waals surface area contributed by atoms with Gasteiger partial charge in [0.25, 0.3) is 0 Å². The van der Waals surface area contributed by atoms with Crippen LogP contribution in [0.1, 0.15) is 229 Å². The van der Waals surface area contributed by atoms with Crippen molar-refractivity contribution < 1.29 is 80.4 Å². The van der Waals surface area contributed by atoms with Crippen LogP contribution in [0.25, 0.3) is 0 Å². The molecule has 0 aromatic heterocycles. The van der Waals surface area contributed by atoms with Gasteiger partial charge in [-0.3, -0.25) is 53.5 Å². The van der Waals surface area contributed by atoms with E-state index >= 15 is 0 Å². The van der Waals surface area contributed by atoms with Crippen molar-refractivity contribution in [1.29, 1.82) is 0 Å². The van der Waals surface area contributed by atoms with Crippen LogP contribution in [-0.2, 0) is 59.2 Å². The van der Waals surface area contributed by atoms with Gasteiger partial charge in [0.1, 0.15) is 30.8 Å². The Balaban J connectivity index is 1.18. The summed E-state index contributed by atoms with van der Waals surface area (Å²) in [5, 5.41) is 27.2. The van der Waals surface area contributed by atoms with Crippen LogP contribution in [0.15, 0.2) is 54.6 Å². The number of imide groups is 1. The quantitative estimate of drug-likeness (QED) is 0.0174. The van der Waals surface area contributed by atoms with E-state index in [1.54, 1.807) is 91.6 Å². The highest BCUT2D eigenvalue weighted by Gasteiger charge is 2.53. The average molecular weight is 1550 g/mol. The van der Waals surface area contributed by atoms with Gasteiger partial charge in [0, 0.05) is 60.1 Å². The van der Waals surface area contributed by atoms with Gasteiger partial charge >= 0.3 is 18.3 Å². The molecule has 15 atom stereocenters. The van der Waals surface area contributed by atoms with Crippen molar-refractivity contribution >= 4 is 65.1 Å². The highest BCUT2D eigenvalue weighted by Crippen LogP contribution is 2.52. The van der Waals surface area contributed by atoms with Gasteiger partial charge in [-0.1, -0.05) is 170 Å². The van der Waals surface area contributed by atoms with Gasteiger partial charge in [-0.25, -0.2) is 9.59 Å². The summed E-state index contributed by atoms with van der Waals surface area (Å²) in [5.41, 5.74) is 6.39. The third-order valence-corrected chi connectivity index (χ3v) is 23.3. The number of ether oxygens (including phenoxy) is 3. The summed E-state index contributed by atoms with van der Waals surface area (Å²) < 4.78 is 62.4. The molecule has 2 aliphatic heterocycles. The number of hydrogen-bond donors (Lipinski definition) is 8. The van der Waals surface area contributed by atoms with Gasteiger partial charge in [0.2, 0.25) is 47.3 Å². The Hall–Kier alpha value is -7.43. The molecule has 110 heavy (non-hydrogen) atoms. The maximum Gasteiger partial charge on any atom is 0.410 e. The van der Waals surface area contributed by atoms with Gasteiger partial charge in [-0.2, -0.15) is 13.2 Å². The molecule has 2 aromatic rings. The standard InChI is InChI=1S/C82H132F3N11O14/c1-17-43-81(19-3,58-34-26-20-21-27-35-58)60-47-65(97)96(77(60)104)45-29-23-28-38-64(82(83,84)85)91-67(50(4)5)75(102)90-61(36-30-44-87-79(86)106)74(101)89-59-41-39-56(40-42-59)49-110-80(107)94(14)69(52(8)9)76(103)92-68(51(6)7)78(105)93(13)70(53(10)18-2)63(108-15)48-66(98)95-46-31-37-62(95)72(109-16)54(11)73(100)88-55(12)71(99)57-32-24-22-25-33-57/h22,24-25,32-33,39-42,50-55,58,60-64,67-72,91,99H,17-21,23,26-31,34-38,43-49H2,1-16H3,(H,88,100)(H,89,101)(H,90,102)(H,92,103)(H3,86,87,106)/t53?,54?,55?,60?,61?,62?,63?,64?,67?,68-,69?,70?,71?,72?,81?/m0/s1. The summed E-state index contributed by atoms with van der Waals surface area (Å²) in [5.74, 6) is -6.18. The van der Waals surface area contributed by atoms with Crippen LogP contribution in [-0.4, -0.2) is 199 Å². The first-order chi connectivity index (χ1) is 52.0. The number of amides is 11. The van der Waals surface area contributed by atoms with Crippen molar-refractivity contribution in [2.45, 2.75) is 291 Å². The Labute approximate surface area is 651 Å². The number of nitrogens with one attached hydrogen (secondary N) is 6. The zero-order valence-corrected chi connectivity index (χ0v) is 68.3. The number of likely N-dealkylation sites (tertiary alicyclic amines) is 2. The van der Waals surface area contributed by atoms with Gasteiger partial charge in [-0.05, 0) is 129 Å². The van der Waals surface area contributed by atoms with E-state index in [0.717, 1.165) is 49.8 Å². The van der Waals surface area contributed by atoms with E-state index < -0.39 is 145 Å². The fourth-order valence-electron chi connectivity index (χ4n) is 16.9. The van der Waals surface area contributed by atoms with Gasteiger partial charge in [0.05, 0.1) is 60.7 Å². The normalized spacial score (nSPS) is 19.7. The average Bonchev–Trinajstić information content (AvgIpc) is 1.59. The van der Waals surface area contributed by atoms with Crippen LogP contribution in [0.4, 0.5) is 28.4 Å². The molecule has 1 saturated carbocycles. The lowest BCUT2D eigenvalue weighted by atomic mass is 9.59. The van der Waals surface area contributed by atoms with Crippen LogP contribution in [0, 0.1) is 46.8 Å². The lowest BCUT2D eigenvalue weighted by Crippen LogP contribution is -2.60. The van der Waals surface area contributed by atoms with E-state index in [1.807, 2.05) is 32.0 Å². The number of anilines is 1. The number of carbonyl (C=O) groups is 10. The Morgan fingerprint density at radius 2 is 1.35 bits per heavy atom. The first-order valence-corrected chi connectivity index (χ1v) is 40.3. The number of aliphatic hydroxyl groups is 1. The van der Waals surface area contributed by atoms with Crippen molar-refractivity contribution in [1.82, 2.24) is 46.2 Å². The van der Waals surface area contributed by atoms with Crippen LogP contribution < -0.4 is 37.6 Å². The molecule has 11 amide bonds. The maximum atomic E-state index is 14.9. The molecule has 25 nitrogen and oxygen atoms in total. The SMILES string of the molecule is CCCC(CC)(C1CCCCCC1)C1CC(=O)N(CCCCCC(NC(C(=O)NC(CCCNC(N)=O)C(=O)Nc2ccc(COC(=O)N(C)C(C(=O)N[C@H](C(=O)N(C)C(C(C)CC)C(CC(=O)N3CCCC3C(OC)C(C)C(=O)NC(C)C(O)c3ccccc3)OC)C(C)C)C(C)C)cc2)C(C)C)C(F)(F)F)C1=O. The first kappa shape index (κ1) is 93.2. The fraction of sp³-hybridized carbons (Fsp3) is 0.732. The summed E-state index contributed by atoms with van der Waals surface area (Å²) in [6.07, 6.45) is 3.41. The molecular weight excluding hydrogens is 1420 g/mol. The Morgan fingerprint density at radius 1 is 0.709 bits per heavy atom. The lowest BCUT2D eigenvalue weighted by Gasteiger charge is -2.44. The van der Waals surface area contributed by atoms with Crippen LogP contribution >= 0.6 is 0 Å². The van der Waals surface area contributed by atoms with Crippen molar-refractivity contribution in [3.63, 3.8) is 0 Å². The maximum absolute atomic E-state index is 14.9. The Kier molecular flexibility index (Phi) is 37.9. The molecular formula is C82H132F3N11O14. The molecule has 0 radical (unpaired) electrons. The lowest BCUT2D eigenvalue weighted by molar-refractivity contribution is -0.161. The monoisotopic (exact) mass is 1550 g/mol. The highest BCUT2D eigenvalue weighted by molar-refractivity contribution is 6.04. The van der Waals surface area contributed by atoms with Gasteiger partial charge in [0.15, 0.2) is 0 Å². The second-order valence-electron chi connectivity index (χ2n) is 32.0. The molecule has 0 spiro atoms. The van der Waals surface area contributed by atoms with E-state index in [2.05, 4.69) is 45.7 Å². The number of nitrogens with zero attached hydrogens (tertiary/aromatic N) is 4. The van der Waals surface area contributed by atoms with Crippen LogP contribution in [0.5, 0.6) is 0 Å². The second-order valence-corrected chi connectivity index (χ2v) is 32.0. The predicted molar refractivity (Wildman–Crippen MR) is 416 cm³/mol. The predicted octanol–water partition coefficient (Wildman–Crippen LogP) is 11.1. The number of urea groups is 1. The van der Waals surface area contributed by atoms with E-state index in [1.165, 1.54) is 56.0 Å². The van der Waals surface area contributed by atoms with Crippen molar-refractivity contribution in [3.05, 3.63) is 65.7 Å². The van der Waals surface area contributed by atoms with Gasteiger partial charge < -0.3 is 61.4 Å². The number of likely N-dealkylation sites (N-methyl/N-ethyl adjacent to an activating group) is 2. The number of aliphatic hydroxyl groups excluding tert-OH is 1. The van der Waals surface area contributed by atoms with Crippen molar-refractivity contribution in [2.75, 3.05) is 53.3 Å². The van der Waals surface area contributed by atoms with E-state index in [9.17, 15) is 66.2 Å². The number of carbonyl (C=O) groups excluding carboxylic acids is 10. The molecule has 5 rings (SSSR count). The largest absolute Gasteiger partial charge is 0.445 e. The molecule has 0 bridgehead atoms. The second kappa shape index (κ2) is 44.7. The summed E-state index contributed by atoms with van der Waals surface area (Å²) >= 11 is 0. The minimum Gasteiger partial charge on any atom is -0.445 e. The molecule has 3 aliphatic rings. The number of primary amides is 1. The third-order valence-electron chi connectivity index (χ3n) is 23.3. The van der Waals surface area contributed by atoms with E-state index in [0.29, 0.717) is 55.7 Å². The number of hydrogen-bond acceptors (Lipinski definition) is 15. The molecule has 2 heterocycles. The molecule has 2 aromatic carbocycles. The summed E-state index contributed by atoms with van der Waals surface area (Å²) in [4.78, 5) is 145. The molecule has 14 unspecified atom stereocenters.